The molecule has 0 radical (unpaired) electrons. The van der Waals surface area contributed by atoms with Crippen LogP contribution in [0.25, 0.3) is 0 Å². The highest BCUT2D eigenvalue weighted by Crippen LogP contribution is 2.30. The van der Waals surface area contributed by atoms with Gasteiger partial charge >= 0.3 is 6.18 Å². The van der Waals surface area contributed by atoms with E-state index in [1.807, 2.05) is 4.90 Å². The Bertz CT molecular complexity index is 662. The molecular formula is C17H16F4N2O. The zero-order chi connectivity index (χ0) is 17.2. The summed E-state index contributed by atoms with van der Waals surface area (Å²) in [5, 5.41) is 0. The third-order valence-electron chi connectivity index (χ3n) is 3.96. The first-order chi connectivity index (χ1) is 11.4. The van der Waals surface area contributed by atoms with Crippen molar-refractivity contribution in [3.8, 4) is 5.75 Å². The van der Waals surface area contributed by atoms with E-state index in [-0.39, 0.29) is 11.9 Å². The standard InChI is InChI=1S/C17H16F4N2O/c18-13-2-4-14(5-3-13)24-15-7-9-23(10-8-15)16-6-1-12(11-22-16)17(19,20)21/h1-6,11,15H,7-10H2. The molecule has 0 unspecified atom stereocenters. The molecule has 2 aromatic rings. The lowest BCUT2D eigenvalue weighted by molar-refractivity contribution is -0.137. The van der Waals surface area contributed by atoms with Crippen molar-refractivity contribution >= 4 is 5.82 Å². The zero-order valence-electron chi connectivity index (χ0n) is 12.8. The van der Waals surface area contributed by atoms with Gasteiger partial charge in [-0.15, -0.1) is 0 Å². The van der Waals surface area contributed by atoms with Crippen molar-refractivity contribution in [2.45, 2.75) is 25.1 Å². The number of anilines is 1. The van der Waals surface area contributed by atoms with E-state index >= 15 is 0 Å². The highest BCUT2D eigenvalue weighted by Gasteiger charge is 2.31. The second kappa shape index (κ2) is 6.67. The van der Waals surface area contributed by atoms with E-state index in [4.69, 9.17) is 4.74 Å². The van der Waals surface area contributed by atoms with Crippen LogP contribution in [0, 0.1) is 5.82 Å². The fourth-order valence-electron chi connectivity index (χ4n) is 2.65. The molecule has 1 aliphatic rings. The van der Waals surface area contributed by atoms with Gasteiger partial charge in [0.25, 0.3) is 0 Å². The lowest BCUT2D eigenvalue weighted by atomic mass is 10.1. The molecule has 24 heavy (non-hydrogen) atoms. The van der Waals surface area contributed by atoms with Gasteiger partial charge in [-0.25, -0.2) is 9.37 Å². The van der Waals surface area contributed by atoms with Crippen LogP contribution >= 0.6 is 0 Å². The lowest BCUT2D eigenvalue weighted by Crippen LogP contribution is -2.38. The third-order valence-corrected chi connectivity index (χ3v) is 3.96. The van der Waals surface area contributed by atoms with Gasteiger partial charge in [0.1, 0.15) is 23.5 Å². The molecule has 1 aliphatic heterocycles. The number of benzene rings is 1. The molecule has 0 amide bonds. The molecule has 0 atom stereocenters. The Morgan fingerprint density at radius 1 is 1.00 bits per heavy atom. The Balaban J connectivity index is 1.56. The van der Waals surface area contributed by atoms with Crippen LogP contribution in [0.5, 0.6) is 5.75 Å². The summed E-state index contributed by atoms with van der Waals surface area (Å²) in [7, 11) is 0. The minimum absolute atomic E-state index is 0.00107. The summed E-state index contributed by atoms with van der Waals surface area (Å²) < 4.78 is 56.3. The highest BCUT2D eigenvalue weighted by atomic mass is 19.4. The Morgan fingerprint density at radius 2 is 1.67 bits per heavy atom. The molecule has 1 aromatic heterocycles. The quantitative estimate of drug-likeness (QED) is 0.780. The second-order valence-electron chi connectivity index (χ2n) is 5.66. The van der Waals surface area contributed by atoms with Crippen LogP contribution in [-0.2, 0) is 6.18 Å². The Hall–Kier alpha value is -2.31. The second-order valence-corrected chi connectivity index (χ2v) is 5.66. The van der Waals surface area contributed by atoms with Crippen LogP contribution < -0.4 is 9.64 Å². The molecule has 2 heterocycles. The first-order valence-corrected chi connectivity index (χ1v) is 7.62. The topological polar surface area (TPSA) is 25.4 Å². The summed E-state index contributed by atoms with van der Waals surface area (Å²) >= 11 is 0. The van der Waals surface area contributed by atoms with E-state index in [1.165, 1.54) is 18.2 Å². The highest BCUT2D eigenvalue weighted by molar-refractivity contribution is 5.40. The Kier molecular flexibility index (Phi) is 4.59. The van der Waals surface area contributed by atoms with E-state index in [0.29, 0.717) is 24.7 Å². The maximum atomic E-state index is 12.9. The van der Waals surface area contributed by atoms with Crippen molar-refractivity contribution in [1.82, 2.24) is 4.98 Å². The van der Waals surface area contributed by atoms with Crippen molar-refractivity contribution in [3.63, 3.8) is 0 Å². The molecule has 128 valence electrons. The molecule has 1 saturated heterocycles. The monoisotopic (exact) mass is 340 g/mol. The number of halogens is 4. The smallest absolute Gasteiger partial charge is 0.417 e. The van der Waals surface area contributed by atoms with Gasteiger partial charge in [0.05, 0.1) is 5.56 Å². The van der Waals surface area contributed by atoms with Crippen LogP contribution in [-0.4, -0.2) is 24.2 Å². The van der Waals surface area contributed by atoms with Crippen LogP contribution in [0.2, 0.25) is 0 Å². The van der Waals surface area contributed by atoms with Gasteiger partial charge in [0, 0.05) is 32.1 Å². The average Bonchev–Trinajstić information content (AvgIpc) is 2.57. The predicted molar refractivity (Wildman–Crippen MR) is 81.5 cm³/mol. The van der Waals surface area contributed by atoms with Crippen molar-refractivity contribution in [2.75, 3.05) is 18.0 Å². The Morgan fingerprint density at radius 3 is 2.21 bits per heavy atom. The summed E-state index contributed by atoms with van der Waals surface area (Å²) in [5.74, 6) is 0.830. The molecule has 3 rings (SSSR count). The van der Waals surface area contributed by atoms with Crippen LogP contribution in [0.1, 0.15) is 18.4 Å². The predicted octanol–water partition coefficient (Wildman–Crippen LogP) is 4.29. The molecule has 3 nitrogen and oxygen atoms in total. The lowest BCUT2D eigenvalue weighted by Gasteiger charge is -2.33. The number of piperidine rings is 1. The van der Waals surface area contributed by atoms with E-state index in [0.717, 1.165) is 25.1 Å². The summed E-state index contributed by atoms with van der Waals surface area (Å²) in [4.78, 5) is 5.85. The molecular weight excluding hydrogens is 324 g/mol. The minimum atomic E-state index is -4.37. The van der Waals surface area contributed by atoms with Gasteiger partial charge in [0.2, 0.25) is 0 Å². The maximum absolute atomic E-state index is 12.9. The van der Waals surface area contributed by atoms with Gasteiger partial charge < -0.3 is 9.64 Å². The number of alkyl halides is 3. The number of ether oxygens (including phenoxy) is 1. The van der Waals surface area contributed by atoms with Gasteiger partial charge in [-0.05, 0) is 36.4 Å². The molecule has 1 aromatic carbocycles. The van der Waals surface area contributed by atoms with Gasteiger partial charge in [-0.2, -0.15) is 13.2 Å². The summed E-state index contributed by atoms with van der Waals surface area (Å²) in [5.41, 5.74) is -0.749. The van der Waals surface area contributed by atoms with Crippen LogP contribution in [0.4, 0.5) is 23.4 Å². The third kappa shape index (κ3) is 3.96. The van der Waals surface area contributed by atoms with E-state index in [2.05, 4.69) is 4.98 Å². The maximum Gasteiger partial charge on any atom is 0.417 e. The van der Waals surface area contributed by atoms with Crippen molar-refractivity contribution in [3.05, 3.63) is 54.0 Å². The van der Waals surface area contributed by atoms with Gasteiger partial charge in [0.15, 0.2) is 0 Å². The molecule has 0 spiro atoms. The number of hydrogen-bond acceptors (Lipinski definition) is 3. The molecule has 7 heteroatoms. The first kappa shape index (κ1) is 16.5. The molecule has 0 aliphatic carbocycles. The number of hydrogen-bond donors (Lipinski definition) is 0. The van der Waals surface area contributed by atoms with Crippen LogP contribution in [0.3, 0.4) is 0 Å². The number of nitrogens with zero attached hydrogens (tertiary/aromatic N) is 2. The fraction of sp³-hybridized carbons (Fsp3) is 0.353. The number of pyridine rings is 1. The van der Waals surface area contributed by atoms with Crippen LogP contribution in [0.15, 0.2) is 42.6 Å². The first-order valence-electron chi connectivity index (χ1n) is 7.62. The zero-order valence-corrected chi connectivity index (χ0v) is 12.8. The van der Waals surface area contributed by atoms with Gasteiger partial charge in [-0.3, -0.25) is 0 Å². The van der Waals surface area contributed by atoms with Crippen molar-refractivity contribution < 1.29 is 22.3 Å². The van der Waals surface area contributed by atoms with Crippen molar-refractivity contribution in [2.24, 2.45) is 0 Å². The minimum Gasteiger partial charge on any atom is -0.490 e. The number of rotatable bonds is 3. The van der Waals surface area contributed by atoms with E-state index in [1.54, 1.807) is 12.1 Å². The largest absolute Gasteiger partial charge is 0.490 e. The van der Waals surface area contributed by atoms with Crippen molar-refractivity contribution in [1.29, 1.82) is 0 Å². The molecule has 0 bridgehead atoms. The average molecular weight is 340 g/mol. The van der Waals surface area contributed by atoms with Gasteiger partial charge in [-0.1, -0.05) is 0 Å². The summed E-state index contributed by atoms with van der Waals surface area (Å²) in [6, 6.07) is 8.29. The van der Waals surface area contributed by atoms with E-state index in [9.17, 15) is 17.6 Å². The fourth-order valence-corrected chi connectivity index (χ4v) is 2.65. The van der Waals surface area contributed by atoms with E-state index < -0.39 is 11.7 Å². The summed E-state index contributed by atoms with van der Waals surface area (Å²) in [6.07, 6.45) is -2.07. The summed E-state index contributed by atoms with van der Waals surface area (Å²) in [6.45, 7) is 1.29. The molecule has 0 saturated carbocycles. The Labute approximate surface area is 136 Å². The number of aromatic nitrogens is 1. The molecule has 1 fully saturated rings. The SMILES string of the molecule is Fc1ccc(OC2CCN(c3ccc(C(F)(F)F)cn3)CC2)cc1. The normalized spacial score (nSPS) is 16.2. The molecule has 0 N–H and O–H groups in total.